The molecule has 0 amide bonds. The van der Waals surface area contributed by atoms with Crippen molar-refractivity contribution in [3.05, 3.63) is 24.3 Å². The molecule has 0 radical (unpaired) electrons. The average molecular weight is 249 g/mol. The minimum Gasteiger partial charge on any atom is -0.375 e. The van der Waals surface area contributed by atoms with Gasteiger partial charge < -0.3 is 10.1 Å². The Balaban J connectivity index is 1.86. The van der Waals surface area contributed by atoms with Crippen molar-refractivity contribution in [3.63, 3.8) is 0 Å². The minimum atomic E-state index is 0.0864. The maximum Gasteiger partial charge on any atom is 0.115 e. The van der Waals surface area contributed by atoms with E-state index in [-0.39, 0.29) is 5.60 Å². The van der Waals surface area contributed by atoms with E-state index >= 15 is 0 Å². The number of hydrogen-bond acceptors (Lipinski definition) is 4. The average Bonchev–Trinajstić information content (AvgIpc) is 2.46. The minimum absolute atomic E-state index is 0.0864. The maximum absolute atomic E-state index is 5.98. The summed E-state index contributed by atoms with van der Waals surface area (Å²) >= 11 is 0. The summed E-state index contributed by atoms with van der Waals surface area (Å²) in [5.41, 5.74) is 1.23. The van der Waals surface area contributed by atoms with Gasteiger partial charge in [0.05, 0.1) is 5.60 Å². The molecular weight excluding hydrogens is 226 g/mol. The van der Waals surface area contributed by atoms with Gasteiger partial charge in [-0.1, -0.05) is 13.8 Å². The molecule has 0 bridgehead atoms. The maximum atomic E-state index is 5.98. The Morgan fingerprint density at radius 1 is 1.33 bits per heavy atom. The SMILES string of the molecule is CCC1(CC)CC(NCc2cncnc2)CCO1. The molecule has 18 heavy (non-hydrogen) atoms. The van der Waals surface area contributed by atoms with Crippen molar-refractivity contribution in [2.45, 2.75) is 57.7 Å². The zero-order valence-electron chi connectivity index (χ0n) is 11.4. The molecule has 1 aromatic rings. The van der Waals surface area contributed by atoms with Crippen molar-refractivity contribution >= 4 is 0 Å². The van der Waals surface area contributed by atoms with Gasteiger partial charge in [-0.3, -0.25) is 0 Å². The van der Waals surface area contributed by atoms with Gasteiger partial charge in [-0.15, -0.1) is 0 Å². The topological polar surface area (TPSA) is 47.0 Å². The molecule has 0 spiro atoms. The van der Waals surface area contributed by atoms with Gasteiger partial charge in [0, 0.05) is 37.2 Å². The van der Waals surface area contributed by atoms with Gasteiger partial charge in [0.15, 0.2) is 0 Å². The van der Waals surface area contributed by atoms with Gasteiger partial charge in [-0.05, 0) is 25.7 Å². The molecule has 2 heterocycles. The van der Waals surface area contributed by atoms with Crippen LogP contribution < -0.4 is 5.32 Å². The van der Waals surface area contributed by atoms with Gasteiger partial charge in [0.25, 0.3) is 0 Å². The quantitative estimate of drug-likeness (QED) is 0.870. The highest BCUT2D eigenvalue weighted by Crippen LogP contribution is 2.31. The molecule has 0 aliphatic carbocycles. The van der Waals surface area contributed by atoms with Gasteiger partial charge in [-0.25, -0.2) is 9.97 Å². The van der Waals surface area contributed by atoms with Gasteiger partial charge in [-0.2, -0.15) is 0 Å². The summed E-state index contributed by atoms with van der Waals surface area (Å²) in [5.74, 6) is 0. The van der Waals surface area contributed by atoms with Crippen molar-refractivity contribution in [1.29, 1.82) is 0 Å². The van der Waals surface area contributed by atoms with Crippen molar-refractivity contribution < 1.29 is 4.74 Å². The van der Waals surface area contributed by atoms with E-state index in [2.05, 4.69) is 29.1 Å². The third kappa shape index (κ3) is 3.27. The van der Waals surface area contributed by atoms with Crippen LogP contribution in [0.1, 0.15) is 45.1 Å². The summed E-state index contributed by atoms with van der Waals surface area (Å²) in [7, 11) is 0. The van der Waals surface area contributed by atoms with Crippen LogP contribution in [0.25, 0.3) is 0 Å². The Kier molecular flexibility index (Phi) is 4.66. The monoisotopic (exact) mass is 249 g/mol. The molecule has 1 aliphatic rings. The van der Waals surface area contributed by atoms with E-state index in [1.54, 1.807) is 6.33 Å². The molecular formula is C14H23N3O. The summed E-state index contributed by atoms with van der Waals surface area (Å²) in [6, 6.07) is 0.541. The summed E-state index contributed by atoms with van der Waals surface area (Å²) in [6.45, 7) is 6.15. The van der Waals surface area contributed by atoms with Crippen LogP contribution in [0, 0.1) is 0 Å². The highest BCUT2D eigenvalue weighted by Gasteiger charge is 2.34. The van der Waals surface area contributed by atoms with Crippen molar-refractivity contribution in [2.24, 2.45) is 0 Å². The van der Waals surface area contributed by atoms with E-state index in [9.17, 15) is 0 Å². The van der Waals surface area contributed by atoms with E-state index in [0.29, 0.717) is 6.04 Å². The molecule has 1 fully saturated rings. The third-order valence-electron chi connectivity index (χ3n) is 3.99. The lowest BCUT2D eigenvalue weighted by Crippen LogP contribution is -2.46. The lowest BCUT2D eigenvalue weighted by molar-refractivity contribution is -0.0932. The second-order valence-corrected chi connectivity index (χ2v) is 5.06. The number of hydrogen-bond donors (Lipinski definition) is 1. The first-order valence-electron chi connectivity index (χ1n) is 6.89. The van der Waals surface area contributed by atoms with E-state index in [1.807, 2.05) is 12.4 Å². The van der Waals surface area contributed by atoms with Gasteiger partial charge in [0.1, 0.15) is 6.33 Å². The lowest BCUT2D eigenvalue weighted by Gasteiger charge is -2.40. The fourth-order valence-corrected chi connectivity index (χ4v) is 2.63. The predicted octanol–water partition coefficient (Wildman–Crippen LogP) is 2.30. The van der Waals surface area contributed by atoms with Crippen LogP contribution in [0.2, 0.25) is 0 Å². The molecule has 0 aromatic carbocycles. The standard InChI is InChI=1S/C14H23N3O/c1-3-14(4-2)7-13(5-6-18-14)17-10-12-8-15-11-16-9-12/h8-9,11,13,17H,3-7,10H2,1-2H3. The molecule has 1 aromatic heterocycles. The fourth-order valence-electron chi connectivity index (χ4n) is 2.63. The second-order valence-electron chi connectivity index (χ2n) is 5.06. The van der Waals surface area contributed by atoms with Crippen LogP contribution in [0.15, 0.2) is 18.7 Å². The first-order chi connectivity index (χ1) is 8.78. The Morgan fingerprint density at radius 3 is 2.72 bits per heavy atom. The largest absolute Gasteiger partial charge is 0.375 e. The van der Waals surface area contributed by atoms with E-state index in [4.69, 9.17) is 4.74 Å². The summed E-state index contributed by atoms with van der Waals surface area (Å²) in [6.07, 6.45) is 9.69. The van der Waals surface area contributed by atoms with Crippen LogP contribution in [0.3, 0.4) is 0 Å². The van der Waals surface area contributed by atoms with Crippen LogP contribution in [0.4, 0.5) is 0 Å². The number of nitrogens with zero attached hydrogens (tertiary/aromatic N) is 2. The van der Waals surface area contributed by atoms with Crippen molar-refractivity contribution in [3.8, 4) is 0 Å². The zero-order chi connectivity index (χ0) is 12.8. The number of nitrogens with one attached hydrogen (secondary N) is 1. The first kappa shape index (κ1) is 13.4. The highest BCUT2D eigenvalue weighted by atomic mass is 16.5. The predicted molar refractivity (Wildman–Crippen MR) is 71.2 cm³/mol. The Bertz CT molecular complexity index is 351. The lowest BCUT2D eigenvalue weighted by atomic mass is 9.86. The molecule has 0 saturated carbocycles. The van der Waals surface area contributed by atoms with E-state index < -0.39 is 0 Å². The van der Waals surface area contributed by atoms with Crippen LogP contribution >= 0.6 is 0 Å². The normalized spacial score (nSPS) is 22.9. The van der Waals surface area contributed by atoms with E-state index in [1.165, 1.54) is 0 Å². The molecule has 1 unspecified atom stereocenters. The second kappa shape index (κ2) is 6.25. The molecule has 100 valence electrons. The summed E-state index contributed by atoms with van der Waals surface area (Å²) < 4.78 is 5.98. The van der Waals surface area contributed by atoms with Crippen molar-refractivity contribution in [2.75, 3.05) is 6.61 Å². The molecule has 1 atom stereocenters. The van der Waals surface area contributed by atoms with Crippen LogP contribution in [0.5, 0.6) is 0 Å². The van der Waals surface area contributed by atoms with Crippen LogP contribution in [-0.4, -0.2) is 28.2 Å². The molecule has 1 saturated heterocycles. The highest BCUT2D eigenvalue weighted by molar-refractivity contribution is 5.02. The summed E-state index contributed by atoms with van der Waals surface area (Å²) in [5, 5.41) is 3.60. The van der Waals surface area contributed by atoms with Crippen LogP contribution in [-0.2, 0) is 11.3 Å². The fraction of sp³-hybridized carbons (Fsp3) is 0.714. The first-order valence-corrected chi connectivity index (χ1v) is 6.89. The molecule has 1 N–H and O–H groups in total. The molecule has 4 heteroatoms. The zero-order valence-corrected chi connectivity index (χ0v) is 11.4. The Hall–Kier alpha value is -1.00. The van der Waals surface area contributed by atoms with Crippen molar-refractivity contribution in [1.82, 2.24) is 15.3 Å². The number of rotatable bonds is 5. The molecule has 4 nitrogen and oxygen atoms in total. The van der Waals surface area contributed by atoms with Gasteiger partial charge >= 0.3 is 0 Å². The number of ether oxygens (including phenoxy) is 1. The summed E-state index contributed by atoms with van der Waals surface area (Å²) in [4.78, 5) is 8.07. The molecule has 1 aliphatic heterocycles. The Morgan fingerprint density at radius 2 is 2.06 bits per heavy atom. The smallest absolute Gasteiger partial charge is 0.115 e. The number of aromatic nitrogens is 2. The van der Waals surface area contributed by atoms with E-state index in [0.717, 1.165) is 44.4 Å². The Labute approximate surface area is 109 Å². The third-order valence-corrected chi connectivity index (χ3v) is 3.99. The molecule has 2 rings (SSSR count). The van der Waals surface area contributed by atoms with Gasteiger partial charge in [0.2, 0.25) is 0 Å².